The Hall–Kier alpha value is -1.27. The van der Waals surface area contributed by atoms with Crippen LogP contribution in [0, 0.1) is 3.57 Å². The number of H-pyrrole nitrogens is 1. The lowest BCUT2D eigenvalue weighted by Crippen LogP contribution is -2.09. The van der Waals surface area contributed by atoms with Crippen LogP contribution in [0.15, 0.2) is 47.5 Å². The van der Waals surface area contributed by atoms with Gasteiger partial charge in [0, 0.05) is 26.5 Å². The fourth-order valence-corrected chi connectivity index (χ4v) is 2.68. The van der Waals surface area contributed by atoms with Crippen molar-refractivity contribution in [3.8, 4) is 11.3 Å². The van der Waals surface area contributed by atoms with E-state index in [0.29, 0.717) is 10.5 Å². The van der Waals surface area contributed by atoms with Crippen molar-refractivity contribution in [2.45, 2.75) is 0 Å². The third kappa shape index (κ3) is 2.06. The third-order valence-corrected chi connectivity index (χ3v) is 3.52. The van der Waals surface area contributed by atoms with Crippen molar-refractivity contribution in [3.05, 3.63) is 61.7 Å². The van der Waals surface area contributed by atoms with Gasteiger partial charge in [-0.15, -0.1) is 0 Å². The molecule has 0 amide bonds. The molecule has 1 aromatic carbocycles. The highest BCUT2D eigenvalue weighted by Gasteiger charge is 2.05. The fraction of sp³-hybridized carbons (Fsp3) is 0. The van der Waals surface area contributed by atoms with Gasteiger partial charge in [-0.3, -0.25) is 4.79 Å². The molecule has 2 aromatic heterocycles. The summed E-state index contributed by atoms with van der Waals surface area (Å²) in [7, 11) is 0. The molecule has 2 heterocycles. The molecule has 3 nitrogen and oxygen atoms in total. The molecule has 18 heavy (non-hydrogen) atoms. The Bertz CT molecular complexity index is 791. The average molecular weight is 371 g/mol. The van der Waals surface area contributed by atoms with Crippen molar-refractivity contribution in [1.29, 1.82) is 0 Å². The van der Waals surface area contributed by atoms with Gasteiger partial charge in [-0.25, -0.2) is 0 Å². The van der Waals surface area contributed by atoms with Gasteiger partial charge >= 0.3 is 0 Å². The summed E-state index contributed by atoms with van der Waals surface area (Å²) in [6.07, 6.45) is 3.81. The molecule has 0 fully saturated rings. The summed E-state index contributed by atoms with van der Waals surface area (Å²) < 4.78 is 2.86. The van der Waals surface area contributed by atoms with Gasteiger partial charge in [0.05, 0.1) is 5.69 Å². The van der Waals surface area contributed by atoms with Gasteiger partial charge in [0.25, 0.3) is 5.56 Å². The minimum absolute atomic E-state index is 0.101. The summed E-state index contributed by atoms with van der Waals surface area (Å²) in [5, 5.41) is 0.649. The first-order chi connectivity index (χ1) is 8.63. The molecule has 3 rings (SSSR count). The van der Waals surface area contributed by atoms with Crippen LogP contribution in [-0.4, -0.2) is 9.38 Å². The number of aromatic nitrogens is 2. The molecular weight excluding hydrogens is 363 g/mol. The van der Waals surface area contributed by atoms with Crippen molar-refractivity contribution in [2.24, 2.45) is 0 Å². The lowest BCUT2D eigenvalue weighted by molar-refractivity contribution is 1.11. The Morgan fingerprint density at radius 1 is 1.22 bits per heavy atom. The molecule has 1 N–H and O–H groups in total. The monoisotopic (exact) mass is 370 g/mol. The lowest BCUT2D eigenvalue weighted by atomic mass is 10.2. The second-order valence-electron chi connectivity index (χ2n) is 3.96. The van der Waals surface area contributed by atoms with E-state index in [2.05, 4.69) is 27.6 Å². The molecule has 90 valence electrons. The van der Waals surface area contributed by atoms with Crippen molar-refractivity contribution in [2.75, 3.05) is 0 Å². The Balaban J connectivity index is 2.27. The van der Waals surface area contributed by atoms with Crippen LogP contribution in [0.25, 0.3) is 16.8 Å². The van der Waals surface area contributed by atoms with Crippen LogP contribution in [0.5, 0.6) is 0 Å². The predicted octanol–water partition coefficient (Wildman–Crippen LogP) is 3.55. The third-order valence-electron chi connectivity index (χ3n) is 2.70. The van der Waals surface area contributed by atoms with Crippen LogP contribution < -0.4 is 5.56 Å². The maximum absolute atomic E-state index is 12.0. The first-order valence-electron chi connectivity index (χ1n) is 5.30. The lowest BCUT2D eigenvalue weighted by Gasteiger charge is -2.03. The molecule has 0 atom stereocenters. The van der Waals surface area contributed by atoms with E-state index in [-0.39, 0.29) is 5.56 Å². The minimum Gasteiger partial charge on any atom is -0.319 e. The molecule has 0 unspecified atom stereocenters. The molecular formula is C13H8ClIN2O. The molecule has 0 aliphatic carbocycles. The molecule has 0 spiro atoms. The van der Waals surface area contributed by atoms with Crippen molar-refractivity contribution in [1.82, 2.24) is 9.38 Å². The second kappa shape index (κ2) is 4.44. The van der Waals surface area contributed by atoms with Gasteiger partial charge in [-0.2, -0.15) is 0 Å². The summed E-state index contributed by atoms with van der Waals surface area (Å²) >= 11 is 8.14. The molecule has 0 aliphatic rings. The van der Waals surface area contributed by atoms with Crippen LogP contribution in [0.1, 0.15) is 0 Å². The highest BCUT2D eigenvalue weighted by molar-refractivity contribution is 14.1. The number of benzene rings is 1. The van der Waals surface area contributed by atoms with Crippen molar-refractivity contribution < 1.29 is 0 Å². The number of halogens is 2. The van der Waals surface area contributed by atoms with Gasteiger partial charge in [0.15, 0.2) is 0 Å². The standard InChI is InChI=1S/C13H8ClIN2O/c14-9-3-1-2-8(4-9)11-7-17-6-10(15)5-12(17)13(18)16-11/h1-7H,(H,16,18). The molecule has 0 saturated heterocycles. The highest BCUT2D eigenvalue weighted by atomic mass is 127. The number of fused-ring (bicyclic) bond motifs is 1. The Labute approximate surface area is 122 Å². The minimum atomic E-state index is -0.101. The maximum Gasteiger partial charge on any atom is 0.272 e. The zero-order valence-corrected chi connectivity index (χ0v) is 12.1. The summed E-state index contributed by atoms with van der Waals surface area (Å²) in [4.78, 5) is 14.8. The van der Waals surface area contributed by atoms with Gasteiger partial charge in [-0.05, 0) is 40.8 Å². The maximum atomic E-state index is 12.0. The average Bonchev–Trinajstić information content (AvgIpc) is 2.70. The molecule has 0 saturated carbocycles. The van der Waals surface area contributed by atoms with E-state index < -0.39 is 0 Å². The predicted molar refractivity (Wildman–Crippen MR) is 81.2 cm³/mol. The van der Waals surface area contributed by atoms with Gasteiger partial charge in [-0.1, -0.05) is 23.7 Å². The highest BCUT2D eigenvalue weighted by Crippen LogP contribution is 2.20. The summed E-state index contributed by atoms with van der Waals surface area (Å²) in [6, 6.07) is 9.26. The Morgan fingerprint density at radius 3 is 2.83 bits per heavy atom. The smallest absolute Gasteiger partial charge is 0.272 e. The molecule has 0 bridgehead atoms. The first kappa shape index (κ1) is 11.8. The van der Waals surface area contributed by atoms with E-state index in [1.165, 1.54) is 0 Å². The van der Waals surface area contributed by atoms with Crippen LogP contribution in [-0.2, 0) is 0 Å². The van der Waals surface area contributed by atoms with E-state index >= 15 is 0 Å². The Morgan fingerprint density at radius 2 is 2.06 bits per heavy atom. The number of hydrogen-bond donors (Lipinski definition) is 1. The number of hydrogen-bond acceptors (Lipinski definition) is 1. The quantitative estimate of drug-likeness (QED) is 0.654. The summed E-state index contributed by atoms with van der Waals surface area (Å²) in [5.41, 5.74) is 2.19. The molecule has 3 aromatic rings. The molecule has 0 aliphatic heterocycles. The van der Waals surface area contributed by atoms with E-state index in [0.717, 1.165) is 14.8 Å². The topological polar surface area (TPSA) is 37.3 Å². The van der Waals surface area contributed by atoms with Crippen molar-refractivity contribution >= 4 is 39.7 Å². The largest absolute Gasteiger partial charge is 0.319 e. The van der Waals surface area contributed by atoms with Gasteiger partial charge in [0.2, 0.25) is 0 Å². The number of nitrogens with zero attached hydrogens (tertiary/aromatic N) is 1. The van der Waals surface area contributed by atoms with E-state index in [9.17, 15) is 4.79 Å². The number of aromatic amines is 1. The van der Waals surface area contributed by atoms with Crippen LogP contribution in [0.2, 0.25) is 5.02 Å². The number of nitrogens with one attached hydrogen (secondary N) is 1. The summed E-state index contributed by atoms with van der Waals surface area (Å²) in [5.74, 6) is 0. The van der Waals surface area contributed by atoms with Crippen LogP contribution in [0.3, 0.4) is 0 Å². The normalized spacial score (nSPS) is 11.0. The number of rotatable bonds is 1. The SMILES string of the molecule is O=c1[nH]c(-c2cccc(Cl)c2)cn2cc(I)cc12. The van der Waals surface area contributed by atoms with E-state index in [4.69, 9.17) is 11.6 Å². The van der Waals surface area contributed by atoms with Crippen LogP contribution >= 0.6 is 34.2 Å². The van der Waals surface area contributed by atoms with Gasteiger partial charge in [0.1, 0.15) is 5.52 Å². The summed E-state index contributed by atoms with van der Waals surface area (Å²) in [6.45, 7) is 0. The molecule has 5 heteroatoms. The Kier molecular flexibility index (Phi) is 2.91. The van der Waals surface area contributed by atoms with E-state index in [1.54, 1.807) is 6.07 Å². The van der Waals surface area contributed by atoms with Crippen LogP contribution in [0.4, 0.5) is 0 Å². The van der Waals surface area contributed by atoms with E-state index in [1.807, 2.05) is 41.1 Å². The van der Waals surface area contributed by atoms with Crippen molar-refractivity contribution in [3.63, 3.8) is 0 Å². The van der Waals surface area contributed by atoms with Gasteiger partial charge < -0.3 is 9.38 Å². The molecule has 0 radical (unpaired) electrons. The zero-order valence-electron chi connectivity index (χ0n) is 9.15. The second-order valence-corrected chi connectivity index (χ2v) is 5.64. The first-order valence-corrected chi connectivity index (χ1v) is 6.75. The zero-order chi connectivity index (χ0) is 12.7. The fourth-order valence-electron chi connectivity index (χ4n) is 1.89.